The van der Waals surface area contributed by atoms with Crippen LogP contribution in [0.5, 0.6) is 0 Å². The molecule has 8 heteroatoms. The van der Waals surface area contributed by atoms with Crippen molar-refractivity contribution in [3.8, 4) is 0 Å². The highest BCUT2D eigenvalue weighted by molar-refractivity contribution is 8.13. The van der Waals surface area contributed by atoms with Gasteiger partial charge < -0.3 is 14.5 Å². The Morgan fingerprint density at radius 2 is 2.22 bits per heavy atom. The van der Waals surface area contributed by atoms with E-state index in [4.69, 9.17) is 4.74 Å². The lowest BCUT2D eigenvalue weighted by Gasteiger charge is -2.29. The summed E-state index contributed by atoms with van der Waals surface area (Å²) in [6.45, 7) is 11.1. The van der Waals surface area contributed by atoms with Crippen LogP contribution in [0, 0.1) is 22.0 Å². The van der Waals surface area contributed by atoms with E-state index in [1.807, 2.05) is 18.2 Å². The summed E-state index contributed by atoms with van der Waals surface area (Å²) < 4.78 is 5.65. The van der Waals surface area contributed by atoms with Gasteiger partial charge in [0.1, 0.15) is 0 Å². The van der Waals surface area contributed by atoms with Gasteiger partial charge in [-0.25, -0.2) is 10.1 Å². The van der Waals surface area contributed by atoms with E-state index in [9.17, 15) is 10.1 Å². The molecule has 0 aromatic rings. The minimum absolute atomic E-state index is 0.379. The molecular weight excluding hydrogens is 316 g/mol. The number of rotatable bonds is 8. The molecule has 3 unspecified atom stereocenters. The monoisotopic (exact) mass is 346 g/mol. The Kier molecular flexibility index (Phi) is 8.86. The second-order valence-electron chi connectivity index (χ2n) is 6.41. The molecule has 23 heavy (non-hydrogen) atoms. The van der Waals surface area contributed by atoms with Crippen LogP contribution in [0.15, 0.2) is 5.10 Å². The van der Waals surface area contributed by atoms with Crippen molar-refractivity contribution in [2.24, 2.45) is 16.9 Å². The lowest BCUT2D eigenvalue weighted by molar-refractivity contribution is -0.485. The van der Waals surface area contributed by atoms with Gasteiger partial charge in [0, 0.05) is 26.7 Å². The van der Waals surface area contributed by atoms with Gasteiger partial charge in [0.2, 0.25) is 5.17 Å². The van der Waals surface area contributed by atoms with Crippen LogP contribution in [0.25, 0.3) is 0 Å². The zero-order valence-electron chi connectivity index (χ0n) is 14.9. The molecule has 0 amide bonds. The Labute approximate surface area is 143 Å². The quantitative estimate of drug-likeness (QED) is 0.290. The number of nitro groups is 1. The summed E-state index contributed by atoms with van der Waals surface area (Å²) in [5, 5.41) is 13.8. The molecule has 0 radical (unpaired) electrons. The van der Waals surface area contributed by atoms with E-state index < -0.39 is 5.03 Å². The van der Waals surface area contributed by atoms with Crippen LogP contribution in [-0.2, 0) is 4.74 Å². The third kappa shape index (κ3) is 7.50. The summed E-state index contributed by atoms with van der Waals surface area (Å²) >= 11 is 1.30. The maximum absolute atomic E-state index is 10.6. The van der Waals surface area contributed by atoms with Gasteiger partial charge in [-0.2, -0.15) is 0 Å². The molecule has 7 nitrogen and oxygen atoms in total. The molecule has 1 saturated heterocycles. The predicted octanol–water partition coefficient (Wildman–Crippen LogP) is 2.21. The van der Waals surface area contributed by atoms with Crippen molar-refractivity contribution in [2.75, 3.05) is 46.1 Å². The molecule has 0 N–H and O–H groups in total. The highest BCUT2D eigenvalue weighted by Crippen LogP contribution is 2.20. The van der Waals surface area contributed by atoms with Crippen molar-refractivity contribution in [3.05, 3.63) is 10.1 Å². The molecule has 0 spiro atoms. The molecule has 0 saturated carbocycles. The van der Waals surface area contributed by atoms with Crippen molar-refractivity contribution < 1.29 is 9.77 Å². The third-order valence-corrected chi connectivity index (χ3v) is 4.84. The first-order chi connectivity index (χ1) is 10.8. The molecule has 1 heterocycles. The molecule has 1 rings (SSSR count). The number of ether oxygens (including phenoxy) is 1. The first-order valence-electron chi connectivity index (χ1n) is 8.17. The minimum atomic E-state index is -0.632. The molecule has 134 valence electrons. The van der Waals surface area contributed by atoms with E-state index in [0.717, 1.165) is 39.2 Å². The highest BCUT2D eigenvalue weighted by Gasteiger charge is 2.24. The first kappa shape index (κ1) is 20.2. The summed E-state index contributed by atoms with van der Waals surface area (Å²) in [6, 6.07) is 0. The maximum atomic E-state index is 10.6. The largest absolute Gasteiger partial charge is 0.378 e. The van der Waals surface area contributed by atoms with Crippen LogP contribution >= 0.6 is 11.8 Å². The second kappa shape index (κ2) is 10.1. The molecule has 0 bridgehead atoms. The van der Waals surface area contributed by atoms with Gasteiger partial charge in [0.15, 0.2) is 5.03 Å². The van der Waals surface area contributed by atoms with Crippen LogP contribution in [-0.4, -0.2) is 72.2 Å². The summed E-state index contributed by atoms with van der Waals surface area (Å²) in [7, 11) is 1.86. The van der Waals surface area contributed by atoms with E-state index in [-0.39, 0.29) is 0 Å². The van der Waals surface area contributed by atoms with E-state index in [1.165, 1.54) is 11.8 Å². The van der Waals surface area contributed by atoms with Gasteiger partial charge in [-0.05, 0) is 38.0 Å². The second-order valence-corrected chi connectivity index (χ2v) is 7.18. The molecule has 0 aromatic heterocycles. The fourth-order valence-electron chi connectivity index (χ4n) is 3.12. The molecule has 0 aromatic carbocycles. The predicted molar refractivity (Wildman–Crippen MR) is 95.4 cm³/mol. The Bertz CT molecular complexity index is 408. The van der Waals surface area contributed by atoms with Gasteiger partial charge in [-0.3, -0.25) is 0 Å². The lowest BCUT2D eigenvalue weighted by Crippen LogP contribution is -2.38. The first-order valence-corrected chi connectivity index (χ1v) is 9.40. The van der Waals surface area contributed by atoms with Gasteiger partial charge >= 0.3 is 0 Å². The SMILES string of the molecule is CCN(CC(C)CN(C)C(=N[N+](=O)[O-])SC)CC1COC(C)C1. The number of amidine groups is 1. The standard InChI is InChI=1S/C15H30N4O3S/c1-6-18(10-14-7-13(3)22-11-14)9-12(2)8-17(4)15(23-5)16-19(20)21/h12-14H,6-11H2,1-5H3. The van der Waals surface area contributed by atoms with Crippen molar-refractivity contribution in [2.45, 2.75) is 33.3 Å². The molecule has 0 aliphatic carbocycles. The van der Waals surface area contributed by atoms with Crippen LogP contribution in [0.4, 0.5) is 0 Å². The average molecular weight is 346 g/mol. The zero-order valence-corrected chi connectivity index (χ0v) is 15.7. The Morgan fingerprint density at radius 3 is 2.70 bits per heavy atom. The summed E-state index contributed by atoms with van der Waals surface area (Å²) in [5.41, 5.74) is 0. The molecular formula is C15H30N4O3S. The Morgan fingerprint density at radius 1 is 1.52 bits per heavy atom. The topological polar surface area (TPSA) is 71.2 Å². The van der Waals surface area contributed by atoms with Crippen LogP contribution in [0.3, 0.4) is 0 Å². The van der Waals surface area contributed by atoms with Crippen molar-refractivity contribution in [1.29, 1.82) is 0 Å². The fraction of sp³-hybridized carbons (Fsp3) is 0.933. The van der Waals surface area contributed by atoms with Crippen LogP contribution in [0.1, 0.15) is 27.2 Å². The normalized spacial score (nSPS) is 23.3. The smallest absolute Gasteiger partial charge is 0.237 e. The maximum Gasteiger partial charge on any atom is 0.237 e. The number of hydrogen-bond acceptors (Lipinski definition) is 5. The van der Waals surface area contributed by atoms with E-state index in [2.05, 4.69) is 30.8 Å². The van der Waals surface area contributed by atoms with Crippen LogP contribution in [0.2, 0.25) is 0 Å². The highest BCUT2D eigenvalue weighted by atomic mass is 32.2. The molecule has 1 fully saturated rings. The third-order valence-electron chi connectivity index (χ3n) is 4.08. The van der Waals surface area contributed by atoms with E-state index in [1.54, 1.807) is 0 Å². The summed E-state index contributed by atoms with van der Waals surface area (Å²) in [6.07, 6.45) is 3.32. The van der Waals surface area contributed by atoms with Gasteiger partial charge in [-0.15, -0.1) is 0 Å². The van der Waals surface area contributed by atoms with Gasteiger partial charge in [0.05, 0.1) is 17.8 Å². The van der Waals surface area contributed by atoms with E-state index >= 15 is 0 Å². The summed E-state index contributed by atoms with van der Waals surface area (Å²) in [4.78, 5) is 14.9. The molecule has 1 aliphatic heterocycles. The number of hydrazone groups is 1. The summed E-state index contributed by atoms with van der Waals surface area (Å²) in [5.74, 6) is 1.02. The minimum Gasteiger partial charge on any atom is -0.378 e. The van der Waals surface area contributed by atoms with Gasteiger partial charge in [0.25, 0.3) is 0 Å². The van der Waals surface area contributed by atoms with Crippen molar-refractivity contribution in [3.63, 3.8) is 0 Å². The van der Waals surface area contributed by atoms with Gasteiger partial charge in [-0.1, -0.05) is 25.6 Å². The zero-order chi connectivity index (χ0) is 17.4. The molecule has 3 atom stereocenters. The average Bonchev–Trinajstić information content (AvgIpc) is 2.88. The Balaban J connectivity index is 2.46. The number of thioether (sulfide) groups is 1. The lowest BCUT2D eigenvalue weighted by atomic mass is 10.0. The molecule has 1 aliphatic rings. The fourth-order valence-corrected chi connectivity index (χ4v) is 3.65. The number of hydrogen-bond donors (Lipinski definition) is 0. The van der Waals surface area contributed by atoms with E-state index in [0.29, 0.717) is 23.1 Å². The van der Waals surface area contributed by atoms with Crippen LogP contribution < -0.4 is 0 Å². The Hall–Kier alpha value is -0.860. The van der Waals surface area contributed by atoms with Crippen molar-refractivity contribution >= 4 is 16.9 Å². The number of nitrogens with zero attached hydrogens (tertiary/aromatic N) is 4. The van der Waals surface area contributed by atoms with Crippen molar-refractivity contribution in [1.82, 2.24) is 9.80 Å².